The number of anilines is 1. The summed E-state index contributed by atoms with van der Waals surface area (Å²) in [5.41, 5.74) is 2.07. The standard InChI is InChI=1S/C20H18N4O4/c25-14-6-7-18(21-11-14)24-10-9-13(22-24)5-8-19(26)23-12-16(20(27)28)15-3-1-2-4-17(15)23/h1-4,6-7,9-11,16,25H,5,8,12H2,(H,27,28). The number of nitrogens with zero attached hydrogens (tertiary/aromatic N) is 4. The van der Waals surface area contributed by atoms with Gasteiger partial charge in [0.15, 0.2) is 5.82 Å². The van der Waals surface area contributed by atoms with Crippen LogP contribution in [-0.4, -0.2) is 43.4 Å². The summed E-state index contributed by atoms with van der Waals surface area (Å²) in [5.74, 6) is -1.11. The van der Waals surface area contributed by atoms with E-state index < -0.39 is 11.9 Å². The third kappa shape index (κ3) is 3.32. The van der Waals surface area contributed by atoms with Gasteiger partial charge in [-0.25, -0.2) is 9.67 Å². The van der Waals surface area contributed by atoms with E-state index in [9.17, 15) is 19.8 Å². The van der Waals surface area contributed by atoms with Gasteiger partial charge in [0.2, 0.25) is 5.91 Å². The number of aryl methyl sites for hydroxylation is 1. The normalized spacial score (nSPS) is 15.4. The van der Waals surface area contributed by atoms with Gasteiger partial charge in [0.05, 0.1) is 11.9 Å². The second kappa shape index (κ2) is 7.15. The molecular weight excluding hydrogens is 360 g/mol. The Balaban J connectivity index is 1.44. The van der Waals surface area contributed by atoms with Crippen molar-refractivity contribution in [3.8, 4) is 11.6 Å². The maximum Gasteiger partial charge on any atom is 0.312 e. The topological polar surface area (TPSA) is 109 Å². The van der Waals surface area contributed by atoms with Gasteiger partial charge in [-0.3, -0.25) is 9.59 Å². The molecular formula is C20H18N4O4. The molecule has 4 rings (SSSR count). The highest BCUT2D eigenvalue weighted by Gasteiger charge is 2.35. The zero-order valence-corrected chi connectivity index (χ0v) is 14.9. The predicted octanol–water partition coefficient (Wildman–Crippen LogP) is 2.12. The highest BCUT2D eigenvalue weighted by Crippen LogP contribution is 2.36. The number of benzene rings is 1. The summed E-state index contributed by atoms with van der Waals surface area (Å²) in [6, 6.07) is 12.1. The van der Waals surface area contributed by atoms with E-state index in [1.54, 1.807) is 52.2 Å². The van der Waals surface area contributed by atoms with Crippen LogP contribution in [0.5, 0.6) is 5.75 Å². The molecule has 1 atom stereocenters. The zero-order chi connectivity index (χ0) is 19.7. The Morgan fingerprint density at radius 3 is 2.71 bits per heavy atom. The highest BCUT2D eigenvalue weighted by molar-refractivity contribution is 5.99. The van der Waals surface area contributed by atoms with Gasteiger partial charge < -0.3 is 15.1 Å². The van der Waals surface area contributed by atoms with Crippen LogP contribution in [0, 0.1) is 0 Å². The lowest BCUT2D eigenvalue weighted by Gasteiger charge is -2.17. The molecule has 0 saturated heterocycles. The van der Waals surface area contributed by atoms with E-state index in [2.05, 4.69) is 10.1 Å². The van der Waals surface area contributed by atoms with Crippen molar-refractivity contribution in [2.24, 2.45) is 0 Å². The summed E-state index contributed by atoms with van der Waals surface area (Å²) in [4.78, 5) is 29.9. The molecule has 0 radical (unpaired) electrons. The lowest BCUT2D eigenvalue weighted by molar-refractivity contribution is -0.138. The number of rotatable bonds is 5. The van der Waals surface area contributed by atoms with Gasteiger partial charge in [-0.15, -0.1) is 0 Å². The van der Waals surface area contributed by atoms with Crippen LogP contribution < -0.4 is 4.90 Å². The Kier molecular flexibility index (Phi) is 4.52. The maximum atomic E-state index is 12.7. The minimum Gasteiger partial charge on any atom is -0.506 e. The fourth-order valence-electron chi connectivity index (χ4n) is 3.36. The smallest absolute Gasteiger partial charge is 0.312 e. The van der Waals surface area contributed by atoms with Crippen molar-refractivity contribution in [3.05, 3.63) is 66.1 Å². The third-order valence-electron chi connectivity index (χ3n) is 4.77. The van der Waals surface area contributed by atoms with Gasteiger partial charge in [-0.05, 0) is 29.8 Å². The summed E-state index contributed by atoms with van der Waals surface area (Å²) in [6.45, 7) is 0.152. The molecule has 0 aliphatic carbocycles. The summed E-state index contributed by atoms with van der Waals surface area (Å²) in [7, 11) is 0. The number of carbonyl (C=O) groups excluding carboxylic acids is 1. The largest absolute Gasteiger partial charge is 0.506 e. The molecule has 1 amide bonds. The first-order valence-electron chi connectivity index (χ1n) is 8.85. The molecule has 28 heavy (non-hydrogen) atoms. The number of fused-ring (bicyclic) bond motifs is 1. The fraction of sp³-hybridized carbons (Fsp3) is 0.200. The number of para-hydroxylation sites is 1. The first-order chi connectivity index (χ1) is 13.5. The number of hydrogen-bond donors (Lipinski definition) is 2. The van der Waals surface area contributed by atoms with Crippen molar-refractivity contribution in [1.29, 1.82) is 0 Å². The Hall–Kier alpha value is -3.68. The van der Waals surface area contributed by atoms with Crippen LogP contribution >= 0.6 is 0 Å². The Bertz CT molecular complexity index is 1030. The summed E-state index contributed by atoms with van der Waals surface area (Å²) >= 11 is 0. The molecule has 0 spiro atoms. The summed E-state index contributed by atoms with van der Waals surface area (Å²) < 4.78 is 1.57. The molecule has 142 valence electrons. The molecule has 1 aliphatic heterocycles. The van der Waals surface area contributed by atoms with Gasteiger partial charge in [-0.1, -0.05) is 18.2 Å². The lowest BCUT2D eigenvalue weighted by Crippen LogP contribution is -2.31. The number of carbonyl (C=O) groups is 2. The van der Waals surface area contributed by atoms with Crippen LogP contribution in [-0.2, 0) is 16.0 Å². The quantitative estimate of drug-likeness (QED) is 0.704. The minimum atomic E-state index is -0.928. The van der Waals surface area contributed by atoms with Crippen molar-refractivity contribution >= 4 is 17.6 Å². The number of carboxylic acids is 1. The number of pyridine rings is 1. The van der Waals surface area contributed by atoms with Crippen molar-refractivity contribution < 1.29 is 19.8 Å². The second-order valence-electron chi connectivity index (χ2n) is 6.58. The number of aromatic nitrogens is 3. The van der Waals surface area contributed by atoms with E-state index in [4.69, 9.17) is 0 Å². The van der Waals surface area contributed by atoms with Crippen LogP contribution in [0.4, 0.5) is 5.69 Å². The van der Waals surface area contributed by atoms with Crippen molar-refractivity contribution in [3.63, 3.8) is 0 Å². The molecule has 1 unspecified atom stereocenters. The first-order valence-corrected chi connectivity index (χ1v) is 8.85. The highest BCUT2D eigenvalue weighted by atomic mass is 16.4. The van der Waals surface area contributed by atoms with Gasteiger partial charge in [0.1, 0.15) is 11.7 Å². The number of aromatic hydroxyl groups is 1. The zero-order valence-electron chi connectivity index (χ0n) is 14.9. The molecule has 3 aromatic rings. The first kappa shape index (κ1) is 17.7. The van der Waals surface area contributed by atoms with Crippen LogP contribution in [0.25, 0.3) is 5.82 Å². The van der Waals surface area contributed by atoms with E-state index >= 15 is 0 Å². The Morgan fingerprint density at radius 2 is 1.96 bits per heavy atom. The molecule has 2 N–H and O–H groups in total. The molecule has 8 nitrogen and oxygen atoms in total. The molecule has 0 saturated carbocycles. The number of hydrogen-bond acceptors (Lipinski definition) is 5. The van der Waals surface area contributed by atoms with E-state index in [1.807, 2.05) is 0 Å². The maximum absolute atomic E-state index is 12.7. The van der Waals surface area contributed by atoms with E-state index in [0.717, 1.165) is 5.69 Å². The SMILES string of the molecule is O=C(O)C1CN(C(=O)CCc2ccn(-c3ccc(O)cn3)n2)c2ccccc21. The van der Waals surface area contributed by atoms with Gasteiger partial charge in [-0.2, -0.15) is 5.10 Å². The Morgan fingerprint density at radius 1 is 1.14 bits per heavy atom. The monoisotopic (exact) mass is 378 g/mol. The van der Waals surface area contributed by atoms with Gasteiger partial charge >= 0.3 is 5.97 Å². The van der Waals surface area contributed by atoms with Crippen LogP contribution in [0.2, 0.25) is 0 Å². The van der Waals surface area contributed by atoms with Crippen LogP contribution in [0.3, 0.4) is 0 Å². The fourth-order valence-corrected chi connectivity index (χ4v) is 3.36. The average Bonchev–Trinajstić information content (AvgIpc) is 3.32. The lowest BCUT2D eigenvalue weighted by atomic mass is 10.0. The predicted molar refractivity (Wildman–Crippen MR) is 101 cm³/mol. The molecule has 1 aliphatic rings. The van der Waals surface area contributed by atoms with Crippen molar-refractivity contribution in [2.45, 2.75) is 18.8 Å². The molecule has 8 heteroatoms. The van der Waals surface area contributed by atoms with Gasteiger partial charge in [0, 0.05) is 31.3 Å². The summed E-state index contributed by atoms with van der Waals surface area (Å²) in [6.07, 6.45) is 3.73. The number of carboxylic acid groups (broad SMARTS) is 1. The number of amides is 1. The summed E-state index contributed by atoms with van der Waals surface area (Å²) in [5, 5.41) is 23.1. The average molecular weight is 378 g/mol. The van der Waals surface area contributed by atoms with Crippen LogP contribution in [0.1, 0.15) is 23.6 Å². The molecule has 2 aromatic heterocycles. The van der Waals surface area contributed by atoms with Crippen molar-refractivity contribution in [1.82, 2.24) is 14.8 Å². The van der Waals surface area contributed by atoms with E-state index in [1.165, 1.54) is 12.3 Å². The Labute approximate surface area is 160 Å². The van der Waals surface area contributed by atoms with Crippen molar-refractivity contribution in [2.75, 3.05) is 11.4 Å². The minimum absolute atomic E-state index is 0.0762. The third-order valence-corrected chi connectivity index (χ3v) is 4.77. The molecule has 3 heterocycles. The van der Waals surface area contributed by atoms with E-state index in [0.29, 0.717) is 23.5 Å². The number of aliphatic carboxylic acids is 1. The van der Waals surface area contributed by atoms with E-state index in [-0.39, 0.29) is 24.6 Å². The molecule has 0 bridgehead atoms. The molecule has 1 aromatic carbocycles. The molecule has 0 fully saturated rings. The van der Waals surface area contributed by atoms with Crippen LogP contribution in [0.15, 0.2) is 54.9 Å². The second-order valence-corrected chi connectivity index (χ2v) is 6.58. The van der Waals surface area contributed by atoms with Gasteiger partial charge in [0.25, 0.3) is 0 Å².